The molecule has 0 fully saturated rings. The van der Waals surface area contributed by atoms with E-state index in [4.69, 9.17) is 0 Å². The maximum absolute atomic E-state index is 2.54. The molecule has 0 nitrogen and oxygen atoms in total. The molecule has 0 aromatic heterocycles. The number of rotatable bonds is 4. The summed E-state index contributed by atoms with van der Waals surface area (Å²) in [6.07, 6.45) is 4.99. The van der Waals surface area contributed by atoms with Crippen LogP contribution in [0.15, 0.2) is 38.2 Å². The average Bonchev–Trinajstić information content (AvgIpc) is 2.97. The summed E-state index contributed by atoms with van der Waals surface area (Å²) in [4.78, 5) is 0. The third kappa shape index (κ3) is 4.74. The van der Waals surface area contributed by atoms with Crippen LogP contribution in [-0.4, -0.2) is 0 Å². The first kappa shape index (κ1) is 24.9. The molecule has 0 N–H and O–H groups in total. The first-order valence-electron chi connectivity index (χ1n) is 9.72. The van der Waals surface area contributed by atoms with Crippen LogP contribution in [-0.2, 0) is 23.2 Å². The molecule has 0 saturated heterocycles. The number of hydrogen-bond acceptors (Lipinski definition) is 0. The van der Waals surface area contributed by atoms with Gasteiger partial charge in [-0.2, -0.15) is 0 Å². The van der Waals surface area contributed by atoms with Crippen LogP contribution in [0.3, 0.4) is 0 Å². The molecular weight excluding hydrogens is 450 g/mol. The van der Waals surface area contributed by atoms with Crippen LogP contribution in [0.5, 0.6) is 0 Å². The smallest absolute Gasteiger partial charge is 1.00 e. The van der Waals surface area contributed by atoms with Crippen molar-refractivity contribution in [3.8, 4) is 0 Å². The van der Waals surface area contributed by atoms with Crippen molar-refractivity contribution in [2.45, 2.75) is 70.9 Å². The van der Waals surface area contributed by atoms with Gasteiger partial charge >= 0.3 is 167 Å². The summed E-state index contributed by atoms with van der Waals surface area (Å²) in [5.41, 5.74) is 11.0. The van der Waals surface area contributed by atoms with E-state index in [0.29, 0.717) is 17.8 Å². The van der Waals surface area contributed by atoms with Gasteiger partial charge < -0.3 is 24.8 Å². The Morgan fingerprint density at radius 2 is 1.56 bits per heavy atom. The van der Waals surface area contributed by atoms with Gasteiger partial charge in [-0.3, -0.25) is 0 Å². The molecular formula is C24H32Cl2Zr. The molecule has 2 aliphatic rings. The van der Waals surface area contributed by atoms with Gasteiger partial charge in [-0.15, -0.1) is 0 Å². The van der Waals surface area contributed by atoms with E-state index in [1.165, 1.54) is 11.1 Å². The topological polar surface area (TPSA) is 0 Å². The van der Waals surface area contributed by atoms with Crippen LogP contribution in [0, 0.1) is 5.92 Å². The molecule has 2 aliphatic carbocycles. The molecule has 3 rings (SSSR count). The van der Waals surface area contributed by atoms with E-state index in [2.05, 4.69) is 79.7 Å². The minimum atomic E-state index is -0.680. The maximum Gasteiger partial charge on any atom is -1.00 e. The molecule has 27 heavy (non-hydrogen) atoms. The van der Waals surface area contributed by atoms with Crippen LogP contribution >= 0.6 is 0 Å². The van der Waals surface area contributed by atoms with Crippen molar-refractivity contribution in [1.82, 2.24) is 0 Å². The van der Waals surface area contributed by atoms with Crippen molar-refractivity contribution in [2.75, 3.05) is 0 Å². The molecule has 2 unspecified atom stereocenters. The van der Waals surface area contributed by atoms with Gasteiger partial charge in [0.05, 0.1) is 0 Å². The normalized spacial score (nSPS) is 20.8. The van der Waals surface area contributed by atoms with Crippen LogP contribution in [0.4, 0.5) is 0 Å². The minimum absolute atomic E-state index is 0. The third-order valence-corrected chi connectivity index (χ3v) is 11.3. The largest absolute Gasteiger partial charge is 1.00 e. The van der Waals surface area contributed by atoms with Gasteiger partial charge in [-0.1, -0.05) is 0 Å². The predicted octanol–water partition coefficient (Wildman–Crippen LogP) is 1.35. The molecule has 0 amide bonds. The zero-order valence-corrected chi connectivity index (χ0v) is 21.8. The summed E-state index contributed by atoms with van der Waals surface area (Å²) in [5.74, 6) is 1.86. The van der Waals surface area contributed by atoms with E-state index in [-0.39, 0.29) is 24.8 Å². The van der Waals surface area contributed by atoms with Crippen LogP contribution in [0.25, 0.3) is 6.08 Å². The molecule has 146 valence electrons. The van der Waals surface area contributed by atoms with Crippen molar-refractivity contribution in [2.24, 2.45) is 5.92 Å². The Kier molecular flexibility index (Phi) is 8.87. The van der Waals surface area contributed by atoms with E-state index < -0.39 is 23.2 Å². The monoisotopic (exact) mass is 480 g/mol. The predicted molar refractivity (Wildman–Crippen MR) is 107 cm³/mol. The summed E-state index contributed by atoms with van der Waals surface area (Å²) in [6.45, 7) is 18.8. The fourth-order valence-corrected chi connectivity index (χ4v) is 8.59. The quantitative estimate of drug-likeness (QED) is 0.608. The fraction of sp³-hybridized carbons (Fsp3) is 0.500. The van der Waals surface area contributed by atoms with Gasteiger partial charge in [0.15, 0.2) is 0 Å². The fourth-order valence-electron chi connectivity index (χ4n) is 4.22. The molecule has 1 aromatic rings. The van der Waals surface area contributed by atoms with Crippen LogP contribution < -0.4 is 24.8 Å². The number of allylic oxidation sites excluding steroid dienone is 5. The van der Waals surface area contributed by atoms with Crippen LogP contribution in [0.2, 0.25) is 0 Å². The Bertz CT molecular complexity index is 797. The Morgan fingerprint density at radius 3 is 2.04 bits per heavy atom. The molecule has 0 bridgehead atoms. The number of hydrogen-bond donors (Lipinski definition) is 0. The van der Waals surface area contributed by atoms with Gasteiger partial charge in [0.2, 0.25) is 0 Å². The summed E-state index contributed by atoms with van der Waals surface area (Å²) >= 11 is -0.680. The van der Waals surface area contributed by atoms with E-state index in [0.717, 1.165) is 3.63 Å². The van der Waals surface area contributed by atoms with E-state index in [1.807, 2.05) is 3.28 Å². The summed E-state index contributed by atoms with van der Waals surface area (Å²) in [6, 6.07) is 5.01. The number of benzene rings is 1. The SMILES string of the molecule is CC1=CC(C)[C]([Zr+2][CH]2C(C)=Cc3c(C(C)C)cc(C(C)C)cc32)=C1C.[Cl-].[Cl-]. The number of halogens is 2. The molecule has 2 atom stereocenters. The van der Waals surface area contributed by atoms with Crippen LogP contribution in [0.1, 0.15) is 93.1 Å². The van der Waals surface area contributed by atoms with E-state index in [1.54, 1.807) is 27.8 Å². The molecule has 3 heteroatoms. The first-order valence-corrected chi connectivity index (χ1v) is 12.4. The second-order valence-corrected chi connectivity index (χ2v) is 12.0. The summed E-state index contributed by atoms with van der Waals surface area (Å²) in [7, 11) is 0. The number of fused-ring (bicyclic) bond motifs is 1. The second kappa shape index (κ2) is 9.60. The zero-order valence-electron chi connectivity index (χ0n) is 17.9. The van der Waals surface area contributed by atoms with Gasteiger partial charge in [0.1, 0.15) is 0 Å². The van der Waals surface area contributed by atoms with Crippen molar-refractivity contribution in [1.29, 1.82) is 0 Å². The molecule has 0 aliphatic heterocycles. The van der Waals surface area contributed by atoms with Gasteiger partial charge in [0, 0.05) is 0 Å². The zero-order chi connectivity index (χ0) is 18.5. The standard InChI is InChI=1S/C16H21.C8H11.2ClH.Zr/c1-10(2)13-8-14-6-12(5)7-16(14)15(9-13)11(3)4;1-6-4-7(2)8(3)5-6;;;/h6-11H,1-5H3;4,6H,1-3H3;2*1H;/q;;;;+2/p-2. The Balaban J connectivity index is 0.00000182. The molecule has 0 radical (unpaired) electrons. The third-order valence-electron chi connectivity index (χ3n) is 5.94. The average molecular weight is 483 g/mol. The molecule has 0 heterocycles. The van der Waals surface area contributed by atoms with E-state index >= 15 is 0 Å². The molecule has 0 saturated carbocycles. The molecule has 0 spiro atoms. The minimum Gasteiger partial charge on any atom is -1.00 e. The van der Waals surface area contributed by atoms with Gasteiger partial charge in [-0.25, -0.2) is 0 Å². The summed E-state index contributed by atoms with van der Waals surface area (Å²) < 4.78 is 2.54. The van der Waals surface area contributed by atoms with Crippen molar-refractivity contribution >= 4 is 6.08 Å². The van der Waals surface area contributed by atoms with Gasteiger partial charge in [0.25, 0.3) is 0 Å². The first-order chi connectivity index (χ1) is 11.7. The second-order valence-electron chi connectivity index (χ2n) is 8.57. The Morgan fingerprint density at radius 1 is 0.926 bits per heavy atom. The van der Waals surface area contributed by atoms with Crippen molar-refractivity contribution in [3.05, 3.63) is 60.5 Å². The maximum atomic E-state index is 2.54. The van der Waals surface area contributed by atoms with E-state index in [9.17, 15) is 0 Å². The molecule has 1 aromatic carbocycles. The van der Waals surface area contributed by atoms with Gasteiger partial charge in [-0.05, 0) is 0 Å². The Labute approximate surface area is 190 Å². The Hall–Kier alpha value is -0.0969. The van der Waals surface area contributed by atoms with Crippen molar-refractivity contribution < 1.29 is 48.0 Å². The summed E-state index contributed by atoms with van der Waals surface area (Å²) in [5, 5.41) is 0. The van der Waals surface area contributed by atoms with Crippen molar-refractivity contribution in [3.63, 3.8) is 0 Å².